The van der Waals surface area contributed by atoms with Crippen LogP contribution >= 0.6 is 0 Å². The molecule has 0 unspecified atom stereocenters. The third-order valence-corrected chi connectivity index (χ3v) is 4.22. The third kappa shape index (κ3) is 2.94. The van der Waals surface area contributed by atoms with Gasteiger partial charge in [-0.3, -0.25) is 4.72 Å². The van der Waals surface area contributed by atoms with Crippen molar-refractivity contribution in [3.8, 4) is 0 Å². The first-order chi connectivity index (χ1) is 9.72. The van der Waals surface area contributed by atoms with Crippen molar-refractivity contribution >= 4 is 21.4 Å². The maximum atomic E-state index is 13.7. The highest BCUT2D eigenvalue weighted by molar-refractivity contribution is 7.92. The monoisotopic (exact) mass is 316 g/mol. The normalized spacial score (nSPS) is 11.4. The highest BCUT2D eigenvalue weighted by Gasteiger charge is 2.24. The molecule has 112 valence electrons. The second-order valence-electron chi connectivity index (χ2n) is 4.34. The Kier molecular flexibility index (Phi) is 3.82. The van der Waals surface area contributed by atoms with E-state index in [4.69, 9.17) is 5.73 Å². The van der Waals surface area contributed by atoms with Crippen molar-refractivity contribution in [2.45, 2.75) is 11.8 Å². The first-order valence-electron chi connectivity index (χ1n) is 5.75. The second kappa shape index (κ2) is 5.28. The summed E-state index contributed by atoms with van der Waals surface area (Å²) < 4.78 is 66.6. The number of sulfonamides is 1. The average molecular weight is 316 g/mol. The maximum Gasteiger partial charge on any atom is 0.266 e. The minimum absolute atomic E-state index is 0.0147. The van der Waals surface area contributed by atoms with E-state index in [9.17, 15) is 21.6 Å². The van der Waals surface area contributed by atoms with Gasteiger partial charge in [-0.1, -0.05) is 6.07 Å². The molecule has 0 spiro atoms. The molecule has 21 heavy (non-hydrogen) atoms. The van der Waals surface area contributed by atoms with E-state index in [0.717, 1.165) is 12.1 Å². The van der Waals surface area contributed by atoms with Gasteiger partial charge in [-0.05, 0) is 30.7 Å². The molecule has 8 heteroatoms. The summed E-state index contributed by atoms with van der Waals surface area (Å²) in [6, 6.07) is 4.83. The van der Waals surface area contributed by atoms with E-state index in [1.165, 1.54) is 19.1 Å². The van der Waals surface area contributed by atoms with Gasteiger partial charge in [0.15, 0.2) is 0 Å². The van der Waals surface area contributed by atoms with Crippen LogP contribution in [-0.2, 0) is 10.0 Å². The predicted molar refractivity (Wildman–Crippen MR) is 72.7 cm³/mol. The van der Waals surface area contributed by atoms with Gasteiger partial charge >= 0.3 is 0 Å². The highest BCUT2D eigenvalue weighted by Crippen LogP contribution is 2.26. The van der Waals surface area contributed by atoms with E-state index < -0.39 is 38.1 Å². The topological polar surface area (TPSA) is 72.2 Å². The smallest absolute Gasteiger partial charge is 0.266 e. The summed E-state index contributed by atoms with van der Waals surface area (Å²) in [5.74, 6) is -2.86. The average Bonchev–Trinajstić information content (AvgIpc) is 2.35. The first kappa shape index (κ1) is 15.2. The Morgan fingerprint density at radius 3 is 2.33 bits per heavy atom. The van der Waals surface area contributed by atoms with Crippen LogP contribution in [0.2, 0.25) is 0 Å². The van der Waals surface area contributed by atoms with Gasteiger partial charge in [0.25, 0.3) is 10.0 Å². The van der Waals surface area contributed by atoms with E-state index in [1.54, 1.807) is 4.72 Å². The quantitative estimate of drug-likeness (QED) is 0.855. The van der Waals surface area contributed by atoms with Gasteiger partial charge < -0.3 is 5.73 Å². The van der Waals surface area contributed by atoms with Crippen molar-refractivity contribution in [3.05, 3.63) is 53.3 Å². The van der Waals surface area contributed by atoms with Crippen LogP contribution in [0.3, 0.4) is 0 Å². The summed E-state index contributed by atoms with van der Waals surface area (Å²) in [5, 5.41) is 0. The fourth-order valence-corrected chi connectivity index (χ4v) is 2.98. The minimum atomic E-state index is -4.48. The number of hydrogen-bond acceptors (Lipinski definition) is 3. The lowest BCUT2D eigenvalue weighted by molar-refractivity contribution is 0.570. The molecule has 0 aromatic heterocycles. The zero-order chi connectivity index (χ0) is 15.8. The molecule has 0 aliphatic heterocycles. The largest absolute Gasteiger partial charge is 0.398 e. The van der Waals surface area contributed by atoms with Crippen LogP contribution in [0.1, 0.15) is 5.56 Å². The SMILES string of the molecule is Cc1cc(F)c(NS(=O)(=O)c2c(N)cccc2F)cc1F. The Balaban J connectivity index is 2.50. The van der Waals surface area contributed by atoms with E-state index in [0.29, 0.717) is 6.07 Å². The fourth-order valence-electron chi connectivity index (χ4n) is 1.73. The molecular weight excluding hydrogens is 305 g/mol. The lowest BCUT2D eigenvalue weighted by Crippen LogP contribution is -2.17. The second-order valence-corrected chi connectivity index (χ2v) is 5.96. The van der Waals surface area contributed by atoms with E-state index >= 15 is 0 Å². The van der Waals surface area contributed by atoms with Crippen LogP contribution in [0.15, 0.2) is 35.2 Å². The zero-order valence-corrected chi connectivity index (χ0v) is 11.6. The van der Waals surface area contributed by atoms with Crippen molar-refractivity contribution in [1.29, 1.82) is 0 Å². The van der Waals surface area contributed by atoms with Crippen molar-refractivity contribution in [3.63, 3.8) is 0 Å². The Morgan fingerprint density at radius 1 is 1.05 bits per heavy atom. The van der Waals surface area contributed by atoms with Crippen LogP contribution in [0.25, 0.3) is 0 Å². The summed E-state index contributed by atoms with van der Waals surface area (Å²) in [6.07, 6.45) is 0. The standard InChI is InChI=1S/C13H11F3N2O2S/c1-7-5-10(16)12(6-9(7)15)18-21(19,20)13-8(14)3-2-4-11(13)17/h2-6,18H,17H2,1H3. The lowest BCUT2D eigenvalue weighted by atomic mass is 10.2. The highest BCUT2D eigenvalue weighted by atomic mass is 32.2. The summed E-state index contributed by atoms with van der Waals surface area (Å²) in [4.78, 5) is -0.814. The van der Waals surface area contributed by atoms with Crippen molar-refractivity contribution in [2.75, 3.05) is 10.5 Å². The Bertz CT molecular complexity index is 787. The molecule has 0 radical (unpaired) electrons. The van der Waals surface area contributed by atoms with Crippen LogP contribution < -0.4 is 10.5 Å². The van der Waals surface area contributed by atoms with Crippen molar-refractivity contribution < 1.29 is 21.6 Å². The lowest BCUT2D eigenvalue weighted by Gasteiger charge is -2.12. The predicted octanol–water partition coefficient (Wildman–Crippen LogP) is 2.80. The number of nitrogens with one attached hydrogen (secondary N) is 1. The van der Waals surface area contributed by atoms with Crippen molar-refractivity contribution in [1.82, 2.24) is 0 Å². The molecule has 0 atom stereocenters. The third-order valence-electron chi connectivity index (χ3n) is 2.76. The van der Waals surface area contributed by atoms with Gasteiger partial charge in [-0.15, -0.1) is 0 Å². The first-order valence-corrected chi connectivity index (χ1v) is 7.23. The van der Waals surface area contributed by atoms with Crippen molar-refractivity contribution in [2.24, 2.45) is 0 Å². The van der Waals surface area contributed by atoms with Gasteiger partial charge in [0.2, 0.25) is 0 Å². The molecule has 2 aromatic rings. The molecule has 0 bridgehead atoms. The number of nitrogen functional groups attached to an aromatic ring is 1. The van der Waals surface area contributed by atoms with E-state index in [-0.39, 0.29) is 11.3 Å². The molecular formula is C13H11F3N2O2S. The molecule has 0 amide bonds. The zero-order valence-electron chi connectivity index (χ0n) is 10.8. The van der Waals surface area contributed by atoms with E-state index in [1.807, 2.05) is 0 Å². The summed E-state index contributed by atoms with van der Waals surface area (Å²) in [5.41, 5.74) is 4.48. The van der Waals surface area contributed by atoms with Gasteiger partial charge in [0, 0.05) is 6.07 Å². The van der Waals surface area contributed by atoms with Gasteiger partial charge in [0.1, 0.15) is 22.3 Å². The summed E-state index contributed by atoms with van der Waals surface area (Å²) >= 11 is 0. The number of rotatable bonds is 3. The van der Waals surface area contributed by atoms with Crippen LogP contribution in [0.4, 0.5) is 24.5 Å². The number of hydrogen-bond donors (Lipinski definition) is 2. The molecule has 0 heterocycles. The number of anilines is 2. The van der Waals surface area contributed by atoms with Gasteiger partial charge in [0.05, 0.1) is 11.4 Å². The number of benzene rings is 2. The number of halogens is 3. The van der Waals surface area contributed by atoms with Gasteiger partial charge in [-0.2, -0.15) is 0 Å². The Hall–Kier alpha value is -2.22. The Morgan fingerprint density at radius 2 is 1.71 bits per heavy atom. The molecule has 2 rings (SSSR count). The molecule has 4 nitrogen and oxygen atoms in total. The van der Waals surface area contributed by atoms with E-state index in [2.05, 4.69) is 0 Å². The summed E-state index contributed by atoms with van der Waals surface area (Å²) in [6.45, 7) is 1.32. The molecule has 0 fully saturated rings. The van der Waals surface area contributed by atoms with Crippen LogP contribution in [-0.4, -0.2) is 8.42 Å². The molecule has 0 saturated carbocycles. The van der Waals surface area contributed by atoms with Crippen LogP contribution in [0.5, 0.6) is 0 Å². The Labute approximate surface area is 119 Å². The molecule has 0 saturated heterocycles. The summed E-state index contributed by atoms with van der Waals surface area (Å²) in [7, 11) is -4.48. The maximum absolute atomic E-state index is 13.7. The fraction of sp³-hybridized carbons (Fsp3) is 0.0769. The molecule has 0 aliphatic carbocycles. The number of aryl methyl sites for hydroxylation is 1. The molecule has 2 aromatic carbocycles. The molecule has 3 N–H and O–H groups in total. The minimum Gasteiger partial charge on any atom is -0.398 e. The van der Waals surface area contributed by atoms with Crippen LogP contribution in [0, 0.1) is 24.4 Å². The van der Waals surface area contributed by atoms with Gasteiger partial charge in [-0.25, -0.2) is 21.6 Å². The number of nitrogens with two attached hydrogens (primary N) is 1. The molecule has 0 aliphatic rings.